The van der Waals surface area contributed by atoms with E-state index in [0.29, 0.717) is 5.56 Å². The summed E-state index contributed by atoms with van der Waals surface area (Å²) in [4.78, 5) is 14.8. The molecule has 4 N–H and O–H groups in total. The molecule has 2 aromatic rings. The average molecular weight is 372 g/mol. The molecule has 0 unspecified atom stereocenters. The Bertz CT molecular complexity index is 689. The molecule has 2 aromatic carbocycles. The third-order valence-electron chi connectivity index (χ3n) is 3.02. The Balaban J connectivity index is 0.00000123. The second-order valence-corrected chi connectivity index (χ2v) is 4.52. The van der Waals surface area contributed by atoms with Gasteiger partial charge in [0, 0.05) is 18.9 Å². The Hall–Kier alpha value is -2.06. The van der Waals surface area contributed by atoms with Crippen molar-refractivity contribution in [3.63, 3.8) is 0 Å². The summed E-state index contributed by atoms with van der Waals surface area (Å²) in [6.07, 6.45) is 0.185. The number of phenols is 1. The zero-order valence-electron chi connectivity index (χ0n) is 13.2. The first-order valence-corrected chi connectivity index (χ1v) is 7.35. The van der Waals surface area contributed by atoms with Crippen LogP contribution in [0.1, 0.15) is 12.5 Å². The molecule has 24 heavy (non-hydrogen) atoms. The molecule has 129 valence electrons. The van der Waals surface area contributed by atoms with Gasteiger partial charge in [0.1, 0.15) is 5.75 Å². The maximum absolute atomic E-state index is 11.0. The monoisotopic (exact) mass is 372 g/mol. The van der Waals surface area contributed by atoms with Crippen LogP contribution in [-0.2, 0) is 25.8 Å². The van der Waals surface area contributed by atoms with Gasteiger partial charge in [-0.3, -0.25) is 4.99 Å². The van der Waals surface area contributed by atoms with E-state index in [1.54, 1.807) is 6.07 Å². The maximum atomic E-state index is 11.0. The van der Waals surface area contributed by atoms with Crippen molar-refractivity contribution in [3.8, 4) is 5.75 Å². The molecule has 0 aliphatic rings. The van der Waals surface area contributed by atoms with Crippen molar-refractivity contribution in [2.75, 3.05) is 7.11 Å². The van der Waals surface area contributed by atoms with E-state index in [4.69, 9.17) is 13.9 Å². The SMILES string of the molecule is CO.C[C@@H](O)[C@H](N=Cc1c(O)ccc2ccccc12)C(=O)O.[O]=[V]. The minimum atomic E-state index is -1.26. The van der Waals surface area contributed by atoms with Gasteiger partial charge in [-0.1, -0.05) is 30.3 Å². The minimum absolute atomic E-state index is 0.0159. The summed E-state index contributed by atoms with van der Waals surface area (Å²) in [5, 5.41) is 36.9. The van der Waals surface area contributed by atoms with E-state index in [1.807, 2.05) is 24.3 Å². The fraction of sp³-hybridized carbons (Fsp3) is 0.250. The molecule has 0 bridgehead atoms. The molecule has 2 atom stereocenters. The second-order valence-electron chi connectivity index (χ2n) is 4.52. The van der Waals surface area contributed by atoms with Crippen LogP contribution in [0.2, 0.25) is 0 Å². The Morgan fingerprint density at radius 2 is 1.75 bits per heavy atom. The van der Waals surface area contributed by atoms with Crippen LogP contribution in [0.3, 0.4) is 0 Å². The number of carboxylic acid groups (broad SMARTS) is 1. The molecule has 0 saturated heterocycles. The zero-order chi connectivity index (χ0) is 18.7. The molecule has 0 aromatic heterocycles. The number of rotatable bonds is 4. The molecule has 0 amide bonds. The van der Waals surface area contributed by atoms with Crippen molar-refractivity contribution >= 4 is 23.0 Å². The summed E-state index contributed by atoms with van der Waals surface area (Å²) in [6.45, 7) is 1.36. The van der Waals surface area contributed by atoms with Gasteiger partial charge in [-0.25, -0.2) is 4.79 Å². The van der Waals surface area contributed by atoms with Crippen molar-refractivity contribution in [1.29, 1.82) is 0 Å². The number of hydrogen-bond donors (Lipinski definition) is 4. The van der Waals surface area contributed by atoms with Crippen molar-refractivity contribution in [2.24, 2.45) is 4.99 Å². The number of aliphatic imine (C=N–C) groups is 1. The molecule has 0 saturated carbocycles. The number of aliphatic hydroxyl groups excluding tert-OH is 2. The van der Waals surface area contributed by atoms with Gasteiger partial charge in [-0.2, -0.15) is 0 Å². The van der Waals surface area contributed by atoms with Gasteiger partial charge in [-0.05, 0) is 23.8 Å². The molecule has 0 aliphatic heterocycles. The second kappa shape index (κ2) is 11.5. The van der Waals surface area contributed by atoms with Crippen LogP contribution < -0.4 is 0 Å². The van der Waals surface area contributed by atoms with E-state index in [-0.39, 0.29) is 5.75 Å². The van der Waals surface area contributed by atoms with Crippen LogP contribution in [0.5, 0.6) is 5.75 Å². The predicted molar refractivity (Wildman–Crippen MR) is 85.1 cm³/mol. The third-order valence-corrected chi connectivity index (χ3v) is 3.02. The van der Waals surface area contributed by atoms with Gasteiger partial charge >= 0.3 is 27.0 Å². The number of carbonyl (C=O) groups is 1. The first-order chi connectivity index (χ1) is 11.5. The van der Waals surface area contributed by atoms with Crippen LogP contribution in [0, 0.1) is 0 Å². The topological polar surface area (TPSA) is 127 Å². The first kappa shape index (κ1) is 21.9. The Morgan fingerprint density at radius 1 is 1.17 bits per heavy atom. The van der Waals surface area contributed by atoms with Gasteiger partial charge < -0.3 is 20.4 Å². The van der Waals surface area contributed by atoms with E-state index in [1.165, 1.54) is 19.2 Å². The quantitative estimate of drug-likeness (QED) is 0.599. The summed E-state index contributed by atoms with van der Waals surface area (Å²) in [6, 6.07) is 9.43. The number of aliphatic hydroxyl groups is 2. The van der Waals surface area contributed by atoms with Gasteiger partial charge in [0.05, 0.1) is 6.10 Å². The summed E-state index contributed by atoms with van der Waals surface area (Å²) >= 11 is 1.06. The number of nitrogens with zero attached hydrogens (tertiary/aromatic N) is 1. The number of carboxylic acids is 1. The normalized spacial score (nSPS) is 12.5. The number of aromatic hydroxyl groups is 1. The molecular formula is C16H19NO6V. The standard InChI is InChI=1S/C15H15NO4.CH4O.O.V/c1-9(17)14(15(19)20)16-8-12-11-5-3-2-4-10(11)6-7-13(12)18;1-2;;/h2-9,14,17-18H,1H3,(H,19,20);2H,1H3;;/t9-,14+;;;/m1.../s1. The summed E-state index contributed by atoms with van der Waals surface area (Å²) in [5.41, 5.74) is 0.440. The fourth-order valence-corrected chi connectivity index (χ4v) is 1.97. The number of phenolic OH excluding ortho intramolecular Hbond substituents is 1. The molecule has 0 heterocycles. The van der Waals surface area contributed by atoms with Gasteiger partial charge in [0.25, 0.3) is 0 Å². The molecule has 7 nitrogen and oxygen atoms in total. The van der Waals surface area contributed by atoms with Crippen LogP contribution >= 0.6 is 0 Å². The summed E-state index contributed by atoms with van der Waals surface area (Å²) in [7, 11) is 1.00. The van der Waals surface area contributed by atoms with Crippen molar-refractivity contribution in [2.45, 2.75) is 19.1 Å². The molecule has 0 radical (unpaired) electrons. The van der Waals surface area contributed by atoms with Crippen molar-refractivity contribution < 1.29 is 46.3 Å². The molecule has 2 rings (SSSR count). The van der Waals surface area contributed by atoms with Crippen molar-refractivity contribution in [1.82, 2.24) is 0 Å². The van der Waals surface area contributed by atoms with E-state index in [2.05, 4.69) is 4.99 Å². The van der Waals surface area contributed by atoms with Gasteiger partial charge in [0.15, 0.2) is 6.04 Å². The molecule has 0 fully saturated rings. The van der Waals surface area contributed by atoms with Crippen molar-refractivity contribution in [3.05, 3.63) is 42.0 Å². The Morgan fingerprint density at radius 3 is 2.29 bits per heavy atom. The van der Waals surface area contributed by atoms with Crippen LogP contribution in [0.4, 0.5) is 0 Å². The van der Waals surface area contributed by atoms with E-state index in [9.17, 15) is 15.0 Å². The van der Waals surface area contributed by atoms with Gasteiger partial charge in [-0.15, -0.1) is 0 Å². The third kappa shape index (κ3) is 5.86. The summed E-state index contributed by atoms with van der Waals surface area (Å²) < 4.78 is 8.19. The average Bonchev–Trinajstić information content (AvgIpc) is 2.60. The van der Waals surface area contributed by atoms with E-state index >= 15 is 0 Å². The summed E-state index contributed by atoms with van der Waals surface area (Å²) in [5.74, 6) is -1.20. The molecular weight excluding hydrogens is 353 g/mol. The Kier molecular flexibility index (Phi) is 10.5. The zero-order valence-corrected chi connectivity index (χ0v) is 14.6. The number of hydrogen-bond acceptors (Lipinski definition) is 6. The van der Waals surface area contributed by atoms with Crippen LogP contribution in [0.15, 0.2) is 41.4 Å². The van der Waals surface area contributed by atoms with E-state index in [0.717, 1.165) is 35.3 Å². The van der Waals surface area contributed by atoms with E-state index < -0.39 is 18.1 Å². The molecule has 8 heteroatoms. The molecule has 0 spiro atoms. The number of fused-ring (bicyclic) bond motifs is 1. The van der Waals surface area contributed by atoms with Crippen LogP contribution in [0.25, 0.3) is 10.8 Å². The number of aliphatic carboxylic acids is 1. The van der Waals surface area contributed by atoms with Gasteiger partial charge in [0.2, 0.25) is 0 Å². The van der Waals surface area contributed by atoms with Crippen LogP contribution in [-0.4, -0.2) is 51.9 Å². The predicted octanol–water partition coefficient (Wildman–Crippen LogP) is 1.29. The fourth-order valence-electron chi connectivity index (χ4n) is 1.97. The molecule has 0 aliphatic carbocycles. The first-order valence-electron chi connectivity index (χ1n) is 6.78. The number of benzene rings is 2. The Labute approximate surface area is 148 Å².